The van der Waals surface area contributed by atoms with E-state index in [9.17, 15) is 4.39 Å². The summed E-state index contributed by atoms with van der Waals surface area (Å²) in [5.74, 6) is 0.990. The Bertz CT molecular complexity index is 373. The van der Waals surface area contributed by atoms with Gasteiger partial charge in [-0.05, 0) is 41.5 Å². The van der Waals surface area contributed by atoms with Crippen molar-refractivity contribution in [2.75, 3.05) is 6.54 Å². The maximum absolute atomic E-state index is 13.3. The first-order valence-corrected chi connectivity index (χ1v) is 6.10. The van der Waals surface area contributed by atoms with Crippen molar-refractivity contribution in [3.05, 3.63) is 35.1 Å². The molecular weight excluding hydrogens is 201 g/mol. The first-order valence-electron chi connectivity index (χ1n) is 6.10. The van der Waals surface area contributed by atoms with E-state index in [-0.39, 0.29) is 5.82 Å². The van der Waals surface area contributed by atoms with Crippen LogP contribution in [0.25, 0.3) is 0 Å². The molecule has 0 spiro atoms. The van der Waals surface area contributed by atoms with Crippen LogP contribution in [-0.2, 0) is 0 Å². The van der Waals surface area contributed by atoms with Gasteiger partial charge in [-0.2, -0.15) is 0 Å². The van der Waals surface area contributed by atoms with Crippen LogP contribution < -0.4 is 5.32 Å². The predicted molar refractivity (Wildman–Crippen MR) is 65.0 cm³/mol. The molecule has 1 aliphatic rings. The molecule has 2 heteroatoms. The van der Waals surface area contributed by atoms with Crippen LogP contribution in [0.15, 0.2) is 18.2 Å². The highest BCUT2D eigenvalue weighted by molar-refractivity contribution is 5.35. The lowest BCUT2D eigenvalue weighted by molar-refractivity contribution is 0.394. The number of rotatable bonds is 2. The van der Waals surface area contributed by atoms with E-state index in [2.05, 4.69) is 26.1 Å². The Morgan fingerprint density at radius 3 is 2.81 bits per heavy atom. The van der Waals surface area contributed by atoms with Gasteiger partial charge in [-0.1, -0.05) is 26.8 Å². The molecule has 0 radical (unpaired) electrons. The molecule has 0 amide bonds. The molecule has 0 bridgehead atoms. The molecule has 0 aromatic heterocycles. The molecule has 1 aromatic carbocycles. The van der Waals surface area contributed by atoms with Gasteiger partial charge in [0, 0.05) is 12.6 Å². The number of hydrogen-bond acceptors (Lipinski definition) is 1. The minimum absolute atomic E-state index is 0.122. The van der Waals surface area contributed by atoms with E-state index in [1.807, 2.05) is 6.07 Å². The second kappa shape index (κ2) is 4.54. The van der Waals surface area contributed by atoms with E-state index in [0.717, 1.165) is 18.5 Å². The maximum Gasteiger partial charge on any atom is 0.123 e. The van der Waals surface area contributed by atoms with Crippen molar-refractivity contribution in [2.45, 2.75) is 39.2 Å². The third-order valence-electron chi connectivity index (χ3n) is 3.33. The van der Waals surface area contributed by atoms with E-state index >= 15 is 0 Å². The number of nitrogens with one attached hydrogen (secondary N) is 1. The van der Waals surface area contributed by atoms with Gasteiger partial charge >= 0.3 is 0 Å². The topological polar surface area (TPSA) is 12.0 Å². The molecule has 0 aliphatic carbocycles. The summed E-state index contributed by atoms with van der Waals surface area (Å²) in [6, 6.07) is 5.55. The molecule has 2 rings (SSSR count). The average molecular weight is 221 g/mol. The molecule has 1 heterocycles. The molecule has 1 aliphatic heterocycles. The lowest BCUT2D eigenvalue weighted by Gasteiger charge is -2.32. The minimum Gasteiger partial charge on any atom is -0.309 e. The standard InChI is InChI=1S/C14H20FN/c1-9(2)6-14-13-7-11(15)4-5-12(13)10(3)8-16-14/h4-5,7,9-10,14,16H,6,8H2,1-3H3. The van der Waals surface area contributed by atoms with Crippen molar-refractivity contribution in [1.82, 2.24) is 5.32 Å². The van der Waals surface area contributed by atoms with Crippen LogP contribution in [0.2, 0.25) is 0 Å². The molecule has 1 aromatic rings. The van der Waals surface area contributed by atoms with Crippen LogP contribution in [0, 0.1) is 11.7 Å². The van der Waals surface area contributed by atoms with Crippen molar-refractivity contribution in [3.8, 4) is 0 Å². The van der Waals surface area contributed by atoms with Gasteiger partial charge in [0.15, 0.2) is 0 Å². The van der Waals surface area contributed by atoms with Crippen molar-refractivity contribution in [2.24, 2.45) is 5.92 Å². The fraction of sp³-hybridized carbons (Fsp3) is 0.571. The van der Waals surface area contributed by atoms with E-state index in [4.69, 9.17) is 0 Å². The zero-order valence-corrected chi connectivity index (χ0v) is 10.3. The smallest absolute Gasteiger partial charge is 0.123 e. The van der Waals surface area contributed by atoms with E-state index < -0.39 is 0 Å². The quantitative estimate of drug-likeness (QED) is 0.804. The molecule has 2 atom stereocenters. The molecule has 2 unspecified atom stereocenters. The summed E-state index contributed by atoms with van der Waals surface area (Å²) in [4.78, 5) is 0. The van der Waals surface area contributed by atoms with Crippen molar-refractivity contribution < 1.29 is 4.39 Å². The first-order chi connectivity index (χ1) is 7.58. The van der Waals surface area contributed by atoms with Crippen LogP contribution >= 0.6 is 0 Å². The minimum atomic E-state index is -0.122. The number of hydrogen-bond donors (Lipinski definition) is 1. The zero-order valence-electron chi connectivity index (χ0n) is 10.3. The summed E-state index contributed by atoms with van der Waals surface area (Å²) in [6.45, 7) is 7.60. The third-order valence-corrected chi connectivity index (χ3v) is 3.33. The Morgan fingerprint density at radius 1 is 1.38 bits per heavy atom. The molecule has 0 saturated carbocycles. The largest absolute Gasteiger partial charge is 0.309 e. The van der Waals surface area contributed by atoms with Crippen molar-refractivity contribution in [1.29, 1.82) is 0 Å². The lowest BCUT2D eigenvalue weighted by atomic mass is 9.84. The van der Waals surface area contributed by atoms with Crippen LogP contribution in [0.4, 0.5) is 4.39 Å². The fourth-order valence-electron chi connectivity index (χ4n) is 2.52. The van der Waals surface area contributed by atoms with Gasteiger partial charge in [-0.25, -0.2) is 4.39 Å². The van der Waals surface area contributed by atoms with E-state index in [1.165, 1.54) is 5.56 Å². The summed E-state index contributed by atoms with van der Waals surface area (Å²) < 4.78 is 13.3. The van der Waals surface area contributed by atoms with Crippen LogP contribution in [-0.4, -0.2) is 6.54 Å². The second-order valence-electron chi connectivity index (χ2n) is 5.26. The highest BCUT2D eigenvalue weighted by Gasteiger charge is 2.24. The second-order valence-corrected chi connectivity index (χ2v) is 5.26. The highest BCUT2D eigenvalue weighted by atomic mass is 19.1. The number of fused-ring (bicyclic) bond motifs is 1. The Kier molecular flexibility index (Phi) is 3.29. The summed E-state index contributed by atoms with van der Waals surface area (Å²) in [5.41, 5.74) is 2.47. The summed E-state index contributed by atoms with van der Waals surface area (Å²) in [6.07, 6.45) is 1.07. The fourth-order valence-corrected chi connectivity index (χ4v) is 2.52. The molecule has 0 saturated heterocycles. The zero-order chi connectivity index (χ0) is 11.7. The monoisotopic (exact) mass is 221 g/mol. The Labute approximate surface area is 97.1 Å². The summed E-state index contributed by atoms with van der Waals surface area (Å²) >= 11 is 0. The van der Waals surface area contributed by atoms with Crippen LogP contribution in [0.5, 0.6) is 0 Å². The molecule has 1 N–H and O–H groups in total. The lowest BCUT2D eigenvalue weighted by Crippen LogP contribution is -2.33. The maximum atomic E-state index is 13.3. The molecule has 0 fully saturated rings. The molecule has 16 heavy (non-hydrogen) atoms. The highest BCUT2D eigenvalue weighted by Crippen LogP contribution is 2.33. The van der Waals surface area contributed by atoms with Crippen molar-refractivity contribution >= 4 is 0 Å². The van der Waals surface area contributed by atoms with Gasteiger partial charge in [-0.15, -0.1) is 0 Å². The Balaban J connectivity index is 2.34. The molecule has 88 valence electrons. The normalized spacial score (nSPS) is 24.6. The average Bonchev–Trinajstić information content (AvgIpc) is 2.22. The molecular formula is C14H20FN. The Morgan fingerprint density at radius 2 is 2.12 bits per heavy atom. The summed E-state index contributed by atoms with van der Waals surface area (Å²) in [5, 5.41) is 3.52. The van der Waals surface area contributed by atoms with Gasteiger partial charge in [0.2, 0.25) is 0 Å². The third kappa shape index (κ3) is 2.27. The van der Waals surface area contributed by atoms with Gasteiger partial charge in [0.05, 0.1) is 0 Å². The SMILES string of the molecule is CC(C)CC1NCC(C)c2ccc(F)cc21. The van der Waals surface area contributed by atoms with Gasteiger partial charge in [-0.3, -0.25) is 0 Å². The van der Waals surface area contributed by atoms with E-state index in [0.29, 0.717) is 17.9 Å². The number of benzene rings is 1. The van der Waals surface area contributed by atoms with Crippen LogP contribution in [0.1, 0.15) is 50.3 Å². The van der Waals surface area contributed by atoms with Gasteiger partial charge in [0.1, 0.15) is 5.82 Å². The van der Waals surface area contributed by atoms with Crippen molar-refractivity contribution in [3.63, 3.8) is 0 Å². The molecule has 1 nitrogen and oxygen atoms in total. The van der Waals surface area contributed by atoms with Gasteiger partial charge in [0.25, 0.3) is 0 Å². The first kappa shape index (κ1) is 11.6. The van der Waals surface area contributed by atoms with Gasteiger partial charge < -0.3 is 5.32 Å². The van der Waals surface area contributed by atoms with Crippen LogP contribution in [0.3, 0.4) is 0 Å². The Hall–Kier alpha value is -0.890. The number of halogens is 1. The summed E-state index contributed by atoms with van der Waals surface area (Å²) in [7, 11) is 0. The predicted octanol–water partition coefficient (Wildman–Crippen LogP) is 3.62. The van der Waals surface area contributed by atoms with E-state index in [1.54, 1.807) is 12.1 Å².